The van der Waals surface area contributed by atoms with E-state index < -0.39 is 0 Å². The lowest BCUT2D eigenvalue weighted by Crippen LogP contribution is -2.20. The Kier molecular flexibility index (Phi) is 6.55. The van der Waals surface area contributed by atoms with E-state index in [2.05, 4.69) is 21.6 Å². The Morgan fingerprint density at radius 3 is 2.96 bits per heavy atom. The molecule has 0 unspecified atom stereocenters. The van der Waals surface area contributed by atoms with Gasteiger partial charge in [-0.1, -0.05) is 52.4 Å². The molecular formula is C15H11Cl2N3O2S3. The summed E-state index contributed by atoms with van der Waals surface area (Å²) in [5, 5.41) is 14.0. The van der Waals surface area contributed by atoms with Crippen molar-refractivity contribution >= 4 is 68.7 Å². The maximum atomic E-state index is 12.0. The molecule has 3 rings (SSSR count). The van der Waals surface area contributed by atoms with Gasteiger partial charge < -0.3 is 4.74 Å². The number of rotatable bonds is 7. The van der Waals surface area contributed by atoms with Crippen LogP contribution < -0.4 is 10.1 Å². The van der Waals surface area contributed by atoms with Crippen LogP contribution in [0.3, 0.4) is 0 Å². The third-order valence-electron chi connectivity index (χ3n) is 2.82. The van der Waals surface area contributed by atoms with Gasteiger partial charge in [-0.15, -0.1) is 21.5 Å². The first-order valence-corrected chi connectivity index (χ1v) is 10.4. The molecule has 0 fully saturated rings. The third kappa shape index (κ3) is 5.58. The van der Waals surface area contributed by atoms with Gasteiger partial charge in [0.1, 0.15) is 5.75 Å². The Balaban J connectivity index is 1.48. The van der Waals surface area contributed by atoms with E-state index in [-0.39, 0.29) is 12.5 Å². The molecule has 0 aliphatic carbocycles. The Labute approximate surface area is 166 Å². The molecule has 0 atom stereocenters. The molecule has 25 heavy (non-hydrogen) atoms. The number of hydrogen-bond acceptors (Lipinski definition) is 7. The molecule has 5 nitrogen and oxygen atoms in total. The number of hydrogen-bond donors (Lipinski definition) is 1. The number of ether oxygens (including phenoxy) is 1. The van der Waals surface area contributed by atoms with Crippen molar-refractivity contribution in [2.45, 2.75) is 10.1 Å². The summed E-state index contributed by atoms with van der Waals surface area (Å²) in [6, 6.07) is 8.89. The average molecular weight is 432 g/mol. The number of carbonyl (C=O) groups is 1. The highest BCUT2D eigenvalue weighted by molar-refractivity contribution is 8.00. The number of aromatic nitrogens is 2. The van der Waals surface area contributed by atoms with Crippen LogP contribution in [-0.2, 0) is 10.5 Å². The molecular weight excluding hydrogens is 421 g/mol. The zero-order valence-corrected chi connectivity index (χ0v) is 16.5. The molecule has 0 spiro atoms. The Hall–Kier alpha value is -1.32. The van der Waals surface area contributed by atoms with Gasteiger partial charge >= 0.3 is 0 Å². The first-order valence-electron chi connectivity index (χ1n) is 6.96. The number of carbonyl (C=O) groups excluding carboxylic acids is 1. The number of thioether (sulfide) groups is 1. The van der Waals surface area contributed by atoms with E-state index in [1.807, 2.05) is 11.4 Å². The largest absolute Gasteiger partial charge is 0.482 e. The Bertz CT molecular complexity index is 856. The smallest absolute Gasteiger partial charge is 0.264 e. The van der Waals surface area contributed by atoms with Crippen LogP contribution in [0.2, 0.25) is 10.0 Å². The predicted molar refractivity (Wildman–Crippen MR) is 104 cm³/mol. The van der Waals surface area contributed by atoms with E-state index in [0.29, 0.717) is 20.9 Å². The molecule has 0 aliphatic rings. The van der Waals surface area contributed by atoms with Crippen LogP contribution in [0.1, 0.15) is 4.88 Å². The fourth-order valence-corrected chi connectivity index (χ4v) is 4.61. The fraction of sp³-hybridized carbons (Fsp3) is 0.133. The van der Waals surface area contributed by atoms with E-state index in [1.54, 1.807) is 41.3 Å². The summed E-state index contributed by atoms with van der Waals surface area (Å²) in [6.07, 6.45) is 0. The van der Waals surface area contributed by atoms with E-state index in [4.69, 9.17) is 27.9 Å². The number of nitrogens with one attached hydrogen (secondary N) is 1. The van der Waals surface area contributed by atoms with Crippen LogP contribution in [0.4, 0.5) is 5.13 Å². The second kappa shape index (κ2) is 8.86. The molecule has 0 saturated heterocycles. The highest BCUT2D eigenvalue weighted by Crippen LogP contribution is 2.30. The normalized spacial score (nSPS) is 10.6. The van der Waals surface area contributed by atoms with Gasteiger partial charge in [-0.25, -0.2) is 0 Å². The van der Waals surface area contributed by atoms with E-state index in [9.17, 15) is 4.79 Å². The second-order valence-electron chi connectivity index (χ2n) is 4.65. The molecule has 1 aromatic carbocycles. The molecule has 0 bridgehead atoms. The Morgan fingerprint density at radius 2 is 2.16 bits per heavy atom. The minimum Gasteiger partial charge on any atom is -0.482 e. The third-order valence-corrected chi connectivity index (χ3v) is 6.45. The monoisotopic (exact) mass is 431 g/mol. The number of amides is 1. The molecule has 10 heteroatoms. The molecule has 0 aliphatic heterocycles. The molecule has 1 N–H and O–H groups in total. The maximum absolute atomic E-state index is 12.0. The number of benzene rings is 1. The lowest BCUT2D eigenvalue weighted by Gasteiger charge is -2.07. The van der Waals surface area contributed by atoms with Gasteiger partial charge in [0.15, 0.2) is 10.9 Å². The van der Waals surface area contributed by atoms with Crippen LogP contribution in [-0.4, -0.2) is 22.7 Å². The summed E-state index contributed by atoms with van der Waals surface area (Å²) >= 11 is 16.5. The van der Waals surface area contributed by atoms with E-state index in [1.165, 1.54) is 16.2 Å². The summed E-state index contributed by atoms with van der Waals surface area (Å²) < 4.78 is 6.17. The standard InChI is InChI=1S/C15H11Cl2N3O2S3/c16-9-3-4-11(17)12(6-9)22-7-13(21)18-14-19-20-15(25-14)24-8-10-2-1-5-23-10/h1-6H,7-8H2,(H,18,19,21). The highest BCUT2D eigenvalue weighted by atomic mass is 35.5. The maximum Gasteiger partial charge on any atom is 0.264 e. The summed E-state index contributed by atoms with van der Waals surface area (Å²) in [5.41, 5.74) is 0. The van der Waals surface area contributed by atoms with Crippen molar-refractivity contribution in [1.82, 2.24) is 10.2 Å². The molecule has 2 heterocycles. The minimum absolute atomic E-state index is 0.197. The summed E-state index contributed by atoms with van der Waals surface area (Å²) in [5.74, 6) is 0.840. The van der Waals surface area contributed by atoms with Gasteiger partial charge in [0.05, 0.1) is 5.02 Å². The van der Waals surface area contributed by atoms with Crippen LogP contribution in [0, 0.1) is 0 Å². The van der Waals surface area contributed by atoms with Gasteiger partial charge in [0, 0.05) is 21.7 Å². The molecule has 0 saturated carbocycles. The number of thiophene rings is 1. The van der Waals surface area contributed by atoms with Crippen molar-refractivity contribution in [2.75, 3.05) is 11.9 Å². The van der Waals surface area contributed by atoms with Gasteiger partial charge in [0.2, 0.25) is 5.13 Å². The van der Waals surface area contributed by atoms with Crippen LogP contribution in [0.25, 0.3) is 0 Å². The topological polar surface area (TPSA) is 64.1 Å². The number of halogens is 2. The molecule has 2 aromatic heterocycles. The predicted octanol–water partition coefficient (Wildman–Crippen LogP) is 5.22. The second-order valence-corrected chi connectivity index (χ2v) is 8.73. The Morgan fingerprint density at radius 1 is 1.28 bits per heavy atom. The van der Waals surface area contributed by atoms with Gasteiger partial charge in [0.25, 0.3) is 5.91 Å². The first kappa shape index (κ1) is 18.5. The van der Waals surface area contributed by atoms with Crippen molar-refractivity contribution in [1.29, 1.82) is 0 Å². The van der Waals surface area contributed by atoms with Crippen LogP contribution in [0.15, 0.2) is 40.1 Å². The lowest BCUT2D eigenvalue weighted by molar-refractivity contribution is -0.118. The van der Waals surface area contributed by atoms with Crippen molar-refractivity contribution in [3.63, 3.8) is 0 Å². The number of anilines is 1. The minimum atomic E-state index is -0.345. The molecule has 3 aromatic rings. The highest BCUT2D eigenvalue weighted by Gasteiger charge is 2.11. The molecule has 0 radical (unpaired) electrons. The van der Waals surface area contributed by atoms with Gasteiger partial charge in [-0.05, 0) is 23.6 Å². The summed E-state index contributed by atoms with van der Waals surface area (Å²) in [6.45, 7) is -0.197. The van der Waals surface area contributed by atoms with Crippen molar-refractivity contribution in [3.8, 4) is 5.75 Å². The van der Waals surface area contributed by atoms with E-state index in [0.717, 1.165) is 10.1 Å². The zero-order chi connectivity index (χ0) is 17.6. The summed E-state index contributed by atoms with van der Waals surface area (Å²) in [7, 11) is 0. The van der Waals surface area contributed by atoms with Crippen molar-refractivity contribution < 1.29 is 9.53 Å². The summed E-state index contributed by atoms with van der Waals surface area (Å²) in [4.78, 5) is 13.2. The van der Waals surface area contributed by atoms with Gasteiger partial charge in [-0.2, -0.15) is 0 Å². The molecule has 1 amide bonds. The van der Waals surface area contributed by atoms with Gasteiger partial charge in [-0.3, -0.25) is 10.1 Å². The lowest BCUT2D eigenvalue weighted by atomic mass is 10.3. The number of nitrogens with zero attached hydrogens (tertiary/aromatic N) is 2. The quantitative estimate of drug-likeness (QED) is 0.410. The fourth-order valence-electron chi connectivity index (χ4n) is 1.73. The van der Waals surface area contributed by atoms with Crippen LogP contribution in [0.5, 0.6) is 5.75 Å². The zero-order valence-electron chi connectivity index (χ0n) is 12.6. The molecule has 130 valence electrons. The SMILES string of the molecule is O=C(COc1cc(Cl)ccc1Cl)Nc1nnc(SCc2cccs2)s1. The first-order chi connectivity index (χ1) is 12.1. The van der Waals surface area contributed by atoms with Crippen molar-refractivity contribution in [2.24, 2.45) is 0 Å². The van der Waals surface area contributed by atoms with E-state index >= 15 is 0 Å². The van der Waals surface area contributed by atoms with Crippen molar-refractivity contribution in [3.05, 3.63) is 50.6 Å². The average Bonchev–Trinajstić information content (AvgIpc) is 3.25. The van der Waals surface area contributed by atoms with Crippen LogP contribution >= 0.6 is 57.6 Å².